The fourth-order valence-corrected chi connectivity index (χ4v) is 1.83. The first-order valence-electron chi connectivity index (χ1n) is 6.48. The highest BCUT2D eigenvalue weighted by atomic mass is 16.5. The number of carbonyl (C=O) groups excluding carboxylic acids is 1. The maximum absolute atomic E-state index is 11.3. The van der Waals surface area contributed by atoms with Gasteiger partial charge in [-0.15, -0.1) is 0 Å². The van der Waals surface area contributed by atoms with E-state index in [0.29, 0.717) is 0 Å². The Morgan fingerprint density at radius 2 is 2.00 bits per heavy atom. The largest absolute Gasteiger partial charge is 0.463 e. The summed E-state index contributed by atoms with van der Waals surface area (Å²) in [4.78, 5) is 15.7. The number of carbonyl (C=O) groups is 1. The average Bonchev–Trinajstić information content (AvgIpc) is 2.85. The third-order valence-electron chi connectivity index (χ3n) is 3.20. The summed E-state index contributed by atoms with van der Waals surface area (Å²) < 4.78 is 10.1. The second-order valence-corrected chi connectivity index (χ2v) is 5.01. The summed E-state index contributed by atoms with van der Waals surface area (Å²) >= 11 is 0. The lowest BCUT2D eigenvalue weighted by atomic mass is 10.2. The van der Waals surface area contributed by atoms with Gasteiger partial charge in [-0.3, -0.25) is 4.90 Å². The van der Waals surface area contributed by atoms with E-state index in [-0.39, 0.29) is 11.8 Å². The molecule has 0 fully saturated rings. The van der Waals surface area contributed by atoms with Crippen molar-refractivity contribution in [2.75, 3.05) is 41.3 Å². The zero-order chi connectivity index (χ0) is 14.4. The van der Waals surface area contributed by atoms with Crippen molar-refractivity contribution in [1.82, 2.24) is 9.80 Å². The summed E-state index contributed by atoms with van der Waals surface area (Å²) in [6, 6.07) is 3.63. The van der Waals surface area contributed by atoms with Gasteiger partial charge >= 0.3 is 5.97 Å². The molecule has 1 aromatic rings. The third kappa shape index (κ3) is 4.69. The normalized spacial score (nSPS) is 13.0. The van der Waals surface area contributed by atoms with Crippen LogP contribution in [0.15, 0.2) is 16.5 Å². The molecule has 5 heteroatoms. The lowest BCUT2D eigenvalue weighted by Crippen LogP contribution is -2.26. The fourth-order valence-electron chi connectivity index (χ4n) is 1.83. The topological polar surface area (TPSA) is 45.9 Å². The molecule has 0 radical (unpaired) electrons. The molecule has 0 saturated heterocycles. The summed E-state index contributed by atoms with van der Waals surface area (Å²) in [5.74, 6) is 0.604. The van der Waals surface area contributed by atoms with E-state index >= 15 is 0 Å². The van der Waals surface area contributed by atoms with Crippen LogP contribution in [0, 0.1) is 0 Å². The highest BCUT2D eigenvalue weighted by Gasteiger charge is 2.18. The zero-order valence-electron chi connectivity index (χ0n) is 12.5. The van der Waals surface area contributed by atoms with Crippen LogP contribution in [0.3, 0.4) is 0 Å². The minimum Gasteiger partial charge on any atom is -0.463 e. The number of nitrogens with zero attached hydrogens (tertiary/aromatic N) is 2. The number of methoxy groups -OCH3 is 1. The molecule has 0 N–H and O–H groups in total. The van der Waals surface area contributed by atoms with Gasteiger partial charge in [0.1, 0.15) is 5.76 Å². The Morgan fingerprint density at radius 1 is 1.32 bits per heavy atom. The first-order valence-corrected chi connectivity index (χ1v) is 6.48. The minimum atomic E-state index is -0.436. The molecule has 0 spiro atoms. The summed E-state index contributed by atoms with van der Waals surface area (Å²) in [7, 11) is 7.54. The summed E-state index contributed by atoms with van der Waals surface area (Å²) in [5.41, 5.74) is 0. The molecule has 19 heavy (non-hydrogen) atoms. The number of hydrogen-bond donors (Lipinski definition) is 0. The first-order chi connectivity index (χ1) is 8.95. The smallest absolute Gasteiger partial charge is 0.373 e. The van der Waals surface area contributed by atoms with Crippen LogP contribution in [0.25, 0.3) is 0 Å². The maximum atomic E-state index is 11.3. The molecule has 1 heterocycles. The SMILES string of the molecule is COC(=O)c1ccc(C(C)N(C)CCCN(C)C)o1. The highest BCUT2D eigenvalue weighted by molar-refractivity contribution is 5.86. The van der Waals surface area contributed by atoms with Gasteiger partial charge in [0.2, 0.25) is 5.76 Å². The summed E-state index contributed by atoms with van der Waals surface area (Å²) in [5, 5.41) is 0. The number of furan rings is 1. The Kier molecular flexibility index (Phi) is 6.05. The Morgan fingerprint density at radius 3 is 2.58 bits per heavy atom. The Labute approximate surface area is 115 Å². The molecule has 0 aliphatic carbocycles. The van der Waals surface area contributed by atoms with Crippen LogP contribution < -0.4 is 0 Å². The van der Waals surface area contributed by atoms with E-state index in [1.807, 2.05) is 6.07 Å². The molecular weight excluding hydrogens is 244 g/mol. The molecule has 0 aliphatic rings. The number of rotatable bonds is 7. The number of esters is 1. The van der Waals surface area contributed by atoms with Crippen LogP contribution in [-0.2, 0) is 4.74 Å². The van der Waals surface area contributed by atoms with Crippen molar-refractivity contribution < 1.29 is 13.9 Å². The monoisotopic (exact) mass is 268 g/mol. The van der Waals surface area contributed by atoms with Crippen LogP contribution in [0.2, 0.25) is 0 Å². The maximum Gasteiger partial charge on any atom is 0.373 e. The van der Waals surface area contributed by atoms with Crippen molar-refractivity contribution in [3.63, 3.8) is 0 Å². The second-order valence-electron chi connectivity index (χ2n) is 5.01. The molecule has 5 nitrogen and oxygen atoms in total. The van der Waals surface area contributed by atoms with Gasteiger partial charge in [-0.2, -0.15) is 0 Å². The van der Waals surface area contributed by atoms with Gasteiger partial charge in [-0.05, 0) is 59.7 Å². The lowest BCUT2D eigenvalue weighted by Gasteiger charge is -2.23. The van der Waals surface area contributed by atoms with Gasteiger partial charge in [0.15, 0.2) is 0 Å². The second kappa shape index (κ2) is 7.31. The summed E-state index contributed by atoms with van der Waals surface area (Å²) in [6.07, 6.45) is 1.10. The standard InChI is InChI=1S/C14H24N2O3/c1-11(16(4)10-6-9-15(2)3)12-7-8-13(19-12)14(17)18-5/h7-8,11H,6,9-10H2,1-5H3. The number of hydrogen-bond acceptors (Lipinski definition) is 5. The third-order valence-corrected chi connectivity index (χ3v) is 3.20. The molecule has 1 aromatic heterocycles. The van der Waals surface area contributed by atoms with Crippen molar-refractivity contribution in [3.05, 3.63) is 23.7 Å². The van der Waals surface area contributed by atoms with E-state index in [0.717, 1.165) is 25.3 Å². The molecule has 0 bridgehead atoms. The van der Waals surface area contributed by atoms with Crippen LogP contribution in [-0.4, -0.2) is 57.1 Å². The molecule has 0 amide bonds. The van der Waals surface area contributed by atoms with Crippen LogP contribution in [0.4, 0.5) is 0 Å². The Balaban J connectivity index is 2.54. The van der Waals surface area contributed by atoms with E-state index in [4.69, 9.17) is 4.42 Å². The van der Waals surface area contributed by atoms with Crippen molar-refractivity contribution in [2.24, 2.45) is 0 Å². The van der Waals surface area contributed by atoms with E-state index in [1.54, 1.807) is 6.07 Å². The molecular formula is C14H24N2O3. The molecule has 1 unspecified atom stereocenters. The van der Waals surface area contributed by atoms with Gasteiger partial charge in [-0.1, -0.05) is 0 Å². The molecule has 0 aromatic carbocycles. The van der Waals surface area contributed by atoms with E-state index in [9.17, 15) is 4.79 Å². The molecule has 0 saturated carbocycles. The van der Waals surface area contributed by atoms with Crippen molar-refractivity contribution in [3.8, 4) is 0 Å². The molecule has 1 atom stereocenters. The highest BCUT2D eigenvalue weighted by Crippen LogP contribution is 2.21. The van der Waals surface area contributed by atoms with Crippen molar-refractivity contribution >= 4 is 5.97 Å². The van der Waals surface area contributed by atoms with Gasteiger partial charge in [0.05, 0.1) is 13.2 Å². The first kappa shape index (κ1) is 15.7. The van der Waals surface area contributed by atoms with Crippen LogP contribution in [0.1, 0.15) is 35.7 Å². The van der Waals surface area contributed by atoms with Crippen LogP contribution in [0.5, 0.6) is 0 Å². The van der Waals surface area contributed by atoms with Gasteiger partial charge in [0.25, 0.3) is 0 Å². The Bertz CT molecular complexity index is 401. The van der Waals surface area contributed by atoms with Gasteiger partial charge < -0.3 is 14.1 Å². The van der Waals surface area contributed by atoms with Gasteiger partial charge in [0, 0.05) is 0 Å². The number of ether oxygens (including phenoxy) is 1. The minimum absolute atomic E-state index is 0.139. The van der Waals surface area contributed by atoms with E-state index in [1.165, 1.54) is 7.11 Å². The van der Waals surface area contributed by atoms with E-state index in [2.05, 4.69) is 42.6 Å². The predicted molar refractivity (Wildman–Crippen MR) is 74.3 cm³/mol. The van der Waals surface area contributed by atoms with Crippen LogP contribution >= 0.6 is 0 Å². The van der Waals surface area contributed by atoms with E-state index < -0.39 is 5.97 Å². The quantitative estimate of drug-likeness (QED) is 0.708. The fraction of sp³-hybridized carbons (Fsp3) is 0.643. The van der Waals surface area contributed by atoms with Crippen molar-refractivity contribution in [2.45, 2.75) is 19.4 Å². The lowest BCUT2D eigenvalue weighted by molar-refractivity contribution is 0.0559. The average molecular weight is 268 g/mol. The Hall–Kier alpha value is -1.33. The molecule has 1 rings (SSSR count). The summed E-state index contributed by atoms with van der Waals surface area (Å²) in [6.45, 7) is 4.10. The van der Waals surface area contributed by atoms with Crippen molar-refractivity contribution in [1.29, 1.82) is 0 Å². The molecule has 0 aliphatic heterocycles. The predicted octanol–water partition coefficient (Wildman–Crippen LogP) is 2.01. The molecule has 108 valence electrons. The van der Waals surface area contributed by atoms with Gasteiger partial charge in [-0.25, -0.2) is 4.79 Å². The zero-order valence-corrected chi connectivity index (χ0v) is 12.5.